The number of aliphatic hydroxyl groups is 2. The molecule has 422 valence electrons. The Morgan fingerprint density at radius 2 is 0.849 bits per heavy atom. The number of carbonyl (C=O) groups excluding carboxylic acids is 3. The maximum atomic E-state index is 13.1. The summed E-state index contributed by atoms with van der Waals surface area (Å²) in [5.41, 5.74) is 0. The van der Waals surface area contributed by atoms with Crippen LogP contribution in [0.15, 0.2) is 48.6 Å². The first-order valence-corrected chi connectivity index (χ1v) is 29.6. The molecule has 12 nitrogen and oxygen atoms in total. The van der Waals surface area contributed by atoms with Crippen molar-refractivity contribution in [3.63, 3.8) is 0 Å². The van der Waals surface area contributed by atoms with Crippen molar-refractivity contribution >= 4 is 23.9 Å². The van der Waals surface area contributed by atoms with Gasteiger partial charge >= 0.3 is 23.9 Å². The number of carboxylic acids is 1. The van der Waals surface area contributed by atoms with Gasteiger partial charge in [-0.3, -0.25) is 14.4 Å². The second-order valence-electron chi connectivity index (χ2n) is 20.3. The molecule has 12 heteroatoms. The van der Waals surface area contributed by atoms with Crippen molar-refractivity contribution in [1.82, 2.24) is 0 Å². The SMILES string of the molecule is CCC/C=C\C/C=C\CCCCCCCC(=O)OC(COC(=O)CCCCCCCCC/C=C\CCCCCCCC)COC1OC(C(=O)O)C(O)C(O)C1OC(=O)CCCCCCC/C=C\CCCCCC. The summed E-state index contributed by atoms with van der Waals surface area (Å²) in [5, 5.41) is 31.4. The maximum Gasteiger partial charge on any atom is 0.335 e. The van der Waals surface area contributed by atoms with E-state index in [-0.39, 0.29) is 25.9 Å². The zero-order valence-electron chi connectivity index (χ0n) is 46.4. The van der Waals surface area contributed by atoms with Gasteiger partial charge in [0.2, 0.25) is 0 Å². The van der Waals surface area contributed by atoms with E-state index in [4.69, 9.17) is 23.7 Å². The summed E-state index contributed by atoms with van der Waals surface area (Å²) < 4.78 is 28.4. The molecule has 0 aliphatic carbocycles. The lowest BCUT2D eigenvalue weighted by Crippen LogP contribution is -2.61. The van der Waals surface area contributed by atoms with Gasteiger partial charge in [0.15, 0.2) is 24.6 Å². The molecule has 0 spiro atoms. The number of carboxylic acid groups (broad SMARTS) is 1. The third kappa shape index (κ3) is 39.7. The molecule has 0 bridgehead atoms. The van der Waals surface area contributed by atoms with Crippen LogP contribution in [0.3, 0.4) is 0 Å². The summed E-state index contributed by atoms with van der Waals surface area (Å²) in [4.78, 5) is 51.1. The number of aliphatic carboxylic acids is 1. The molecule has 6 unspecified atom stereocenters. The molecule has 0 aromatic rings. The number of ether oxygens (including phenoxy) is 5. The number of aliphatic hydroxyl groups excluding tert-OH is 2. The molecule has 0 aromatic heterocycles. The van der Waals surface area contributed by atoms with Crippen LogP contribution in [-0.2, 0) is 42.9 Å². The van der Waals surface area contributed by atoms with Crippen LogP contribution < -0.4 is 0 Å². The normalized spacial score (nSPS) is 18.6. The summed E-state index contributed by atoms with van der Waals surface area (Å²) in [5.74, 6) is -3.14. The van der Waals surface area contributed by atoms with Crippen molar-refractivity contribution < 1.29 is 58.2 Å². The fraction of sp³-hybridized carbons (Fsp3) is 0.803. The van der Waals surface area contributed by atoms with E-state index in [1.54, 1.807) is 0 Å². The molecule has 1 heterocycles. The Kier molecular flexibility index (Phi) is 45.9. The predicted molar refractivity (Wildman–Crippen MR) is 294 cm³/mol. The van der Waals surface area contributed by atoms with Crippen LogP contribution >= 0.6 is 0 Å². The van der Waals surface area contributed by atoms with Crippen LogP contribution in [0.2, 0.25) is 0 Å². The highest BCUT2D eigenvalue weighted by atomic mass is 16.7. The van der Waals surface area contributed by atoms with Crippen molar-refractivity contribution in [3.8, 4) is 0 Å². The molecule has 1 fully saturated rings. The molecular weight excluding hydrogens is 925 g/mol. The fourth-order valence-corrected chi connectivity index (χ4v) is 8.75. The lowest BCUT2D eigenvalue weighted by molar-refractivity contribution is -0.301. The second-order valence-corrected chi connectivity index (χ2v) is 20.3. The summed E-state index contributed by atoms with van der Waals surface area (Å²) in [6, 6.07) is 0. The van der Waals surface area contributed by atoms with E-state index in [2.05, 4.69) is 69.4 Å². The van der Waals surface area contributed by atoms with Gasteiger partial charge in [0.1, 0.15) is 18.8 Å². The molecule has 73 heavy (non-hydrogen) atoms. The first kappa shape index (κ1) is 67.7. The quantitative estimate of drug-likeness (QED) is 0.0228. The van der Waals surface area contributed by atoms with Gasteiger partial charge in [-0.2, -0.15) is 0 Å². The van der Waals surface area contributed by atoms with E-state index in [1.807, 2.05) is 0 Å². The van der Waals surface area contributed by atoms with Crippen molar-refractivity contribution in [2.24, 2.45) is 0 Å². The molecule has 0 amide bonds. The summed E-state index contributed by atoms with van der Waals surface area (Å²) in [6.07, 6.45) is 46.5. The Bertz CT molecular complexity index is 1460. The van der Waals surface area contributed by atoms with Crippen LogP contribution in [-0.4, -0.2) is 89.2 Å². The molecule has 3 N–H and O–H groups in total. The molecule has 1 rings (SSSR count). The lowest BCUT2D eigenvalue weighted by Gasteiger charge is -2.40. The maximum absolute atomic E-state index is 13.1. The van der Waals surface area contributed by atoms with Gasteiger partial charge in [-0.25, -0.2) is 4.79 Å². The van der Waals surface area contributed by atoms with E-state index in [0.717, 1.165) is 116 Å². The smallest absolute Gasteiger partial charge is 0.335 e. The number of hydrogen-bond donors (Lipinski definition) is 3. The van der Waals surface area contributed by atoms with Crippen molar-refractivity contribution in [3.05, 3.63) is 48.6 Å². The largest absolute Gasteiger partial charge is 0.479 e. The highest BCUT2D eigenvalue weighted by molar-refractivity contribution is 5.74. The van der Waals surface area contributed by atoms with Crippen molar-refractivity contribution in [1.29, 1.82) is 0 Å². The van der Waals surface area contributed by atoms with Crippen molar-refractivity contribution in [2.45, 2.75) is 302 Å². The molecule has 1 aliphatic rings. The van der Waals surface area contributed by atoms with E-state index < -0.39 is 67.3 Å². The van der Waals surface area contributed by atoms with E-state index in [1.165, 1.54) is 89.9 Å². The zero-order chi connectivity index (χ0) is 53.3. The minimum Gasteiger partial charge on any atom is -0.479 e. The second kappa shape index (κ2) is 49.6. The lowest BCUT2D eigenvalue weighted by atomic mass is 9.98. The van der Waals surface area contributed by atoms with Crippen molar-refractivity contribution in [2.75, 3.05) is 13.2 Å². The Labute approximate surface area is 443 Å². The third-order valence-electron chi connectivity index (χ3n) is 13.3. The van der Waals surface area contributed by atoms with E-state index in [0.29, 0.717) is 19.3 Å². The minimum atomic E-state index is -1.91. The van der Waals surface area contributed by atoms with E-state index >= 15 is 0 Å². The number of allylic oxidation sites excluding steroid dienone is 8. The highest BCUT2D eigenvalue weighted by Crippen LogP contribution is 2.26. The standard InChI is InChI=1S/C61H106O12/c1-4-7-10-13-16-19-22-25-26-27-28-31-32-35-38-41-44-47-53(62)69-50-52(71-54(63)48-45-42-39-36-33-29-23-20-17-14-11-8-5-2)51-70-61-59(57(66)56(65)58(73-61)60(67)68)72-55(64)49-46-43-40-37-34-30-24-21-18-15-12-9-6-3/h11,14,20-21,23-26,52,56-59,61,65-66H,4-10,12-13,15-19,22,27-51H2,1-3H3,(H,67,68)/b14-11-,23-20-,24-21-,26-25-. The van der Waals surface area contributed by atoms with Gasteiger partial charge in [-0.05, 0) is 96.3 Å². The fourth-order valence-electron chi connectivity index (χ4n) is 8.75. The number of hydrogen-bond acceptors (Lipinski definition) is 11. The van der Waals surface area contributed by atoms with Gasteiger partial charge in [0.05, 0.1) is 6.61 Å². The Morgan fingerprint density at radius 1 is 0.452 bits per heavy atom. The van der Waals surface area contributed by atoms with Gasteiger partial charge in [-0.15, -0.1) is 0 Å². The average Bonchev–Trinajstić information content (AvgIpc) is 3.37. The monoisotopic (exact) mass is 1030 g/mol. The summed E-state index contributed by atoms with van der Waals surface area (Å²) in [7, 11) is 0. The average molecular weight is 1030 g/mol. The number of rotatable bonds is 50. The van der Waals surface area contributed by atoms with Crippen LogP contribution in [0.5, 0.6) is 0 Å². The molecular formula is C61H106O12. The molecule has 0 radical (unpaired) electrons. The predicted octanol–water partition coefficient (Wildman–Crippen LogP) is 15.0. The van der Waals surface area contributed by atoms with Crippen LogP contribution in [0, 0.1) is 0 Å². The number of esters is 3. The van der Waals surface area contributed by atoms with Crippen LogP contribution in [0.1, 0.15) is 265 Å². The zero-order valence-corrected chi connectivity index (χ0v) is 46.4. The Morgan fingerprint density at radius 3 is 1.32 bits per heavy atom. The first-order chi connectivity index (χ1) is 35.6. The van der Waals surface area contributed by atoms with Gasteiger partial charge in [-0.1, -0.05) is 198 Å². The third-order valence-corrected chi connectivity index (χ3v) is 13.3. The van der Waals surface area contributed by atoms with Gasteiger partial charge in [0, 0.05) is 19.3 Å². The number of unbranched alkanes of at least 4 members (excludes halogenated alkanes) is 28. The topological polar surface area (TPSA) is 175 Å². The summed E-state index contributed by atoms with van der Waals surface area (Å²) >= 11 is 0. The summed E-state index contributed by atoms with van der Waals surface area (Å²) in [6.45, 7) is 5.89. The Balaban J connectivity index is 2.69. The highest BCUT2D eigenvalue weighted by Gasteiger charge is 2.50. The van der Waals surface area contributed by atoms with E-state index in [9.17, 15) is 34.5 Å². The molecule has 6 atom stereocenters. The van der Waals surface area contributed by atoms with Crippen LogP contribution in [0.4, 0.5) is 0 Å². The molecule has 0 saturated carbocycles. The minimum absolute atomic E-state index is 0.0492. The first-order valence-electron chi connectivity index (χ1n) is 29.6. The van der Waals surface area contributed by atoms with Gasteiger partial charge < -0.3 is 39.0 Å². The van der Waals surface area contributed by atoms with Crippen LogP contribution in [0.25, 0.3) is 0 Å². The molecule has 0 aromatic carbocycles. The molecule has 1 aliphatic heterocycles. The number of carbonyl (C=O) groups is 4. The Hall–Kier alpha value is -3.32. The van der Waals surface area contributed by atoms with Gasteiger partial charge in [0.25, 0.3) is 0 Å². The molecule has 1 saturated heterocycles.